The van der Waals surface area contributed by atoms with E-state index in [9.17, 15) is 9.00 Å². The molecule has 3 rings (SSSR count). The fourth-order valence-corrected chi connectivity index (χ4v) is 3.76. The van der Waals surface area contributed by atoms with Gasteiger partial charge in [0.05, 0.1) is 6.04 Å². The van der Waals surface area contributed by atoms with E-state index >= 15 is 0 Å². The molecule has 0 saturated carbocycles. The Morgan fingerprint density at radius 2 is 1.89 bits per heavy atom. The molecule has 1 fully saturated rings. The lowest BCUT2D eigenvalue weighted by Gasteiger charge is -2.32. The average molecular weight is 278 g/mol. The van der Waals surface area contributed by atoms with Gasteiger partial charge in [-0.15, -0.1) is 0 Å². The molecule has 2 heterocycles. The van der Waals surface area contributed by atoms with Crippen LogP contribution in [-0.2, 0) is 28.6 Å². The first kappa shape index (κ1) is 12.8. The highest BCUT2D eigenvalue weighted by molar-refractivity contribution is 7.85. The molecule has 2 aliphatic rings. The summed E-state index contributed by atoms with van der Waals surface area (Å²) in [5, 5.41) is 3.32. The van der Waals surface area contributed by atoms with Crippen molar-refractivity contribution in [3.8, 4) is 0 Å². The normalized spacial score (nSPS) is 24.0. The Hall–Kier alpha value is -1.20. The van der Waals surface area contributed by atoms with Crippen molar-refractivity contribution < 1.29 is 9.00 Å². The molecule has 1 aromatic rings. The van der Waals surface area contributed by atoms with E-state index in [0.717, 1.165) is 13.0 Å². The fraction of sp³-hybridized carbons (Fsp3) is 0.500. The molecule has 1 atom stereocenters. The first-order valence-corrected chi connectivity index (χ1v) is 8.17. The van der Waals surface area contributed by atoms with Crippen LogP contribution in [0.2, 0.25) is 0 Å². The number of hydrogen-bond donors (Lipinski definition) is 1. The molecule has 1 N–H and O–H groups in total. The zero-order chi connectivity index (χ0) is 13.2. The molecule has 102 valence electrons. The molecule has 0 aromatic heterocycles. The lowest BCUT2D eigenvalue weighted by atomic mass is 9.95. The van der Waals surface area contributed by atoms with E-state index < -0.39 is 10.8 Å². The Kier molecular flexibility index (Phi) is 3.66. The van der Waals surface area contributed by atoms with Crippen LogP contribution < -0.4 is 5.32 Å². The summed E-state index contributed by atoms with van der Waals surface area (Å²) >= 11 is 0. The highest BCUT2D eigenvalue weighted by Crippen LogP contribution is 2.17. The van der Waals surface area contributed by atoms with Gasteiger partial charge in [0, 0.05) is 41.9 Å². The van der Waals surface area contributed by atoms with Crippen LogP contribution in [-0.4, -0.2) is 45.7 Å². The van der Waals surface area contributed by atoms with E-state index in [0.29, 0.717) is 24.6 Å². The van der Waals surface area contributed by atoms with Crippen LogP contribution >= 0.6 is 0 Å². The average Bonchev–Trinajstić information content (AvgIpc) is 2.47. The number of rotatable bonds is 1. The van der Waals surface area contributed by atoms with Crippen molar-refractivity contribution in [1.29, 1.82) is 0 Å². The number of nitrogens with zero attached hydrogens (tertiary/aromatic N) is 1. The molecule has 5 heteroatoms. The van der Waals surface area contributed by atoms with Gasteiger partial charge < -0.3 is 10.2 Å². The second kappa shape index (κ2) is 5.43. The third-order valence-corrected chi connectivity index (χ3v) is 5.14. The summed E-state index contributed by atoms with van der Waals surface area (Å²) in [6, 6.07) is 8.13. The zero-order valence-corrected chi connectivity index (χ0v) is 11.6. The van der Waals surface area contributed by atoms with Gasteiger partial charge in [-0.25, -0.2) is 0 Å². The molecule has 2 aliphatic heterocycles. The van der Waals surface area contributed by atoms with Crippen molar-refractivity contribution in [1.82, 2.24) is 10.2 Å². The van der Waals surface area contributed by atoms with E-state index in [-0.39, 0.29) is 11.9 Å². The first-order valence-electron chi connectivity index (χ1n) is 6.68. The van der Waals surface area contributed by atoms with Gasteiger partial charge in [-0.2, -0.15) is 0 Å². The van der Waals surface area contributed by atoms with Crippen molar-refractivity contribution in [3.05, 3.63) is 35.4 Å². The van der Waals surface area contributed by atoms with Crippen molar-refractivity contribution in [3.63, 3.8) is 0 Å². The number of hydrogen-bond acceptors (Lipinski definition) is 3. The maximum Gasteiger partial charge on any atom is 0.240 e. The smallest absolute Gasteiger partial charge is 0.240 e. The maximum absolute atomic E-state index is 12.4. The predicted molar refractivity (Wildman–Crippen MR) is 75.2 cm³/mol. The van der Waals surface area contributed by atoms with E-state index in [1.165, 1.54) is 11.1 Å². The molecule has 1 amide bonds. The number of benzene rings is 1. The second-order valence-corrected chi connectivity index (χ2v) is 6.78. The van der Waals surface area contributed by atoms with Crippen LogP contribution in [0.25, 0.3) is 0 Å². The van der Waals surface area contributed by atoms with Gasteiger partial charge in [0.25, 0.3) is 0 Å². The molecule has 0 bridgehead atoms. The van der Waals surface area contributed by atoms with E-state index in [1.807, 2.05) is 17.0 Å². The largest absolute Gasteiger partial charge is 0.339 e. The van der Waals surface area contributed by atoms with Crippen LogP contribution in [0, 0.1) is 0 Å². The quantitative estimate of drug-likeness (QED) is 0.803. The minimum Gasteiger partial charge on any atom is -0.339 e. The van der Waals surface area contributed by atoms with Crippen LogP contribution in [0.15, 0.2) is 24.3 Å². The topological polar surface area (TPSA) is 49.4 Å². The summed E-state index contributed by atoms with van der Waals surface area (Å²) in [6.07, 6.45) is 0.759. The SMILES string of the molecule is O=C([C@@H]1Cc2ccccc2CN1)N1CCS(=O)CC1. The number of nitrogens with one attached hydrogen (secondary N) is 1. The van der Waals surface area contributed by atoms with Crippen molar-refractivity contribution in [2.45, 2.75) is 19.0 Å². The number of carbonyl (C=O) groups is 1. The fourth-order valence-electron chi connectivity index (χ4n) is 2.71. The number of amides is 1. The molecular formula is C14H18N2O2S. The third-order valence-electron chi connectivity index (χ3n) is 3.87. The van der Waals surface area contributed by atoms with Crippen LogP contribution in [0.5, 0.6) is 0 Å². The van der Waals surface area contributed by atoms with Gasteiger partial charge in [0.15, 0.2) is 0 Å². The molecular weight excluding hydrogens is 260 g/mol. The Morgan fingerprint density at radius 3 is 2.63 bits per heavy atom. The Labute approximate surface area is 115 Å². The van der Waals surface area contributed by atoms with Crippen molar-refractivity contribution in [2.75, 3.05) is 24.6 Å². The first-order chi connectivity index (χ1) is 9.24. The van der Waals surface area contributed by atoms with Crippen LogP contribution in [0.4, 0.5) is 0 Å². The Balaban J connectivity index is 1.67. The third kappa shape index (κ3) is 2.72. The molecule has 1 saturated heterocycles. The maximum atomic E-state index is 12.4. The van der Waals surface area contributed by atoms with Crippen LogP contribution in [0.1, 0.15) is 11.1 Å². The standard InChI is InChI=1S/C14H18N2O2S/c17-14(16-5-7-19(18)8-6-16)13-9-11-3-1-2-4-12(11)10-15-13/h1-4,13,15H,5-10H2/t13-/m0/s1. The highest BCUT2D eigenvalue weighted by atomic mass is 32.2. The summed E-state index contributed by atoms with van der Waals surface area (Å²) in [5.74, 6) is 1.40. The summed E-state index contributed by atoms with van der Waals surface area (Å²) < 4.78 is 11.3. The van der Waals surface area contributed by atoms with Crippen LogP contribution in [0.3, 0.4) is 0 Å². The van der Waals surface area contributed by atoms with E-state index in [2.05, 4.69) is 17.4 Å². The Morgan fingerprint density at radius 1 is 1.21 bits per heavy atom. The summed E-state index contributed by atoms with van der Waals surface area (Å²) in [4.78, 5) is 14.3. The number of fused-ring (bicyclic) bond motifs is 1. The van der Waals surface area contributed by atoms with Gasteiger partial charge in [-0.3, -0.25) is 9.00 Å². The summed E-state index contributed by atoms with van der Waals surface area (Å²) in [5.41, 5.74) is 2.55. The molecule has 0 aliphatic carbocycles. The van der Waals surface area contributed by atoms with Gasteiger partial charge in [-0.05, 0) is 17.5 Å². The molecule has 4 nitrogen and oxygen atoms in total. The van der Waals surface area contributed by atoms with Gasteiger partial charge in [-0.1, -0.05) is 24.3 Å². The van der Waals surface area contributed by atoms with Gasteiger partial charge >= 0.3 is 0 Å². The monoisotopic (exact) mass is 278 g/mol. The zero-order valence-electron chi connectivity index (χ0n) is 10.8. The summed E-state index contributed by atoms with van der Waals surface area (Å²) in [6.45, 7) is 2.02. The Bertz CT molecular complexity index is 508. The molecule has 0 spiro atoms. The predicted octanol–water partition coefficient (Wildman–Crippen LogP) is 0.292. The van der Waals surface area contributed by atoms with Crippen molar-refractivity contribution in [2.24, 2.45) is 0 Å². The molecule has 19 heavy (non-hydrogen) atoms. The van der Waals surface area contributed by atoms with E-state index in [4.69, 9.17) is 0 Å². The van der Waals surface area contributed by atoms with Gasteiger partial charge in [0.2, 0.25) is 5.91 Å². The second-order valence-electron chi connectivity index (χ2n) is 5.08. The lowest BCUT2D eigenvalue weighted by Crippen LogP contribution is -2.52. The minimum absolute atomic E-state index is 0.124. The minimum atomic E-state index is -0.733. The lowest BCUT2D eigenvalue weighted by molar-refractivity contribution is -0.133. The summed E-state index contributed by atoms with van der Waals surface area (Å²) in [7, 11) is -0.733. The van der Waals surface area contributed by atoms with E-state index in [1.54, 1.807) is 0 Å². The molecule has 0 unspecified atom stereocenters. The molecule has 1 aromatic carbocycles. The highest BCUT2D eigenvalue weighted by Gasteiger charge is 2.29. The number of carbonyl (C=O) groups excluding carboxylic acids is 1. The molecule has 0 radical (unpaired) electrons. The van der Waals surface area contributed by atoms with Gasteiger partial charge in [0.1, 0.15) is 0 Å². The van der Waals surface area contributed by atoms with Crippen molar-refractivity contribution >= 4 is 16.7 Å².